The number of hydrogen-bond donors (Lipinski definition) is 2. The van der Waals surface area contributed by atoms with E-state index >= 15 is 0 Å². The van der Waals surface area contributed by atoms with E-state index in [1.54, 1.807) is 0 Å². The topological polar surface area (TPSA) is 70.7 Å². The lowest BCUT2D eigenvalue weighted by atomic mass is 9.91. The van der Waals surface area contributed by atoms with E-state index in [-0.39, 0.29) is 17.4 Å². The Balaban J connectivity index is 1.51. The number of rotatable bonds is 2. The number of amides is 2. The molecule has 1 spiro atoms. The van der Waals surface area contributed by atoms with Crippen LogP contribution in [0, 0.1) is 11.3 Å². The fraction of sp³-hybridized carbons (Fsp3) is 0.857. The fourth-order valence-electron chi connectivity index (χ4n) is 3.70. The SMILES string of the molecule is COC(=O)NC1CCN(C(=O)C2CC23CCNCC3)C1. The van der Waals surface area contributed by atoms with E-state index in [1.165, 1.54) is 7.11 Å². The van der Waals surface area contributed by atoms with Crippen molar-refractivity contribution in [3.63, 3.8) is 0 Å². The van der Waals surface area contributed by atoms with E-state index in [0.29, 0.717) is 12.5 Å². The number of nitrogens with one attached hydrogen (secondary N) is 2. The predicted octanol–water partition coefficient (Wildman–Crippen LogP) is 0.333. The Hall–Kier alpha value is -1.30. The highest BCUT2D eigenvalue weighted by molar-refractivity contribution is 5.83. The Labute approximate surface area is 119 Å². The third-order valence-corrected chi connectivity index (χ3v) is 5.09. The minimum atomic E-state index is -0.412. The van der Waals surface area contributed by atoms with Crippen LogP contribution in [0.5, 0.6) is 0 Å². The maximum Gasteiger partial charge on any atom is 0.407 e. The van der Waals surface area contributed by atoms with Crippen LogP contribution in [0.2, 0.25) is 0 Å². The van der Waals surface area contributed by atoms with Gasteiger partial charge in [-0.1, -0.05) is 0 Å². The summed E-state index contributed by atoms with van der Waals surface area (Å²) in [7, 11) is 1.36. The average molecular weight is 281 g/mol. The first kappa shape index (κ1) is 13.7. The summed E-state index contributed by atoms with van der Waals surface area (Å²) < 4.78 is 4.60. The molecule has 3 aliphatic rings. The molecule has 2 aliphatic heterocycles. The Bertz CT molecular complexity index is 406. The zero-order chi connectivity index (χ0) is 14.2. The summed E-state index contributed by atoms with van der Waals surface area (Å²) in [5.41, 5.74) is 0.288. The van der Waals surface area contributed by atoms with Gasteiger partial charge in [-0.15, -0.1) is 0 Å². The van der Waals surface area contributed by atoms with Crippen molar-refractivity contribution in [2.45, 2.75) is 31.7 Å². The van der Waals surface area contributed by atoms with Crippen LogP contribution in [-0.2, 0) is 9.53 Å². The van der Waals surface area contributed by atoms with Crippen LogP contribution in [-0.4, -0.2) is 56.2 Å². The number of methoxy groups -OCH3 is 1. The van der Waals surface area contributed by atoms with Crippen molar-refractivity contribution in [2.24, 2.45) is 11.3 Å². The molecule has 6 nitrogen and oxygen atoms in total. The maximum atomic E-state index is 12.5. The molecule has 0 aromatic carbocycles. The van der Waals surface area contributed by atoms with Crippen LogP contribution in [0.25, 0.3) is 0 Å². The molecule has 20 heavy (non-hydrogen) atoms. The number of piperidine rings is 1. The van der Waals surface area contributed by atoms with Crippen molar-refractivity contribution in [2.75, 3.05) is 33.3 Å². The molecule has 6 heteroatoms. The van der Waals surface area contributed by atoms with Gasteiger partial charge >= 0.3 is 6.09 Å². The highest BCUT2D eigenvalue weighted by atomic mass is 16.5. The number of carbonyl (C=O) groups excluding carboxylic acids is 2. The number of alkyl carbamates (subject to hydrolysis) is 1. The highest BCUT2D eigenvalue weighted by Crippen LogP contribution is 2.59. The van der Waals surface area contributed by atoms with Crippen LogP contribution in [0.3, 0.4) is 0 Å². The van der Waals surface area contributed by atoms with Crippen molar-refractivity contribution in [3.05, 3.63) is 0 Å². The summed E-state index contributed by atoms with van der Waals surface area (Å²) in [5.74, 6) is 0.516. The monoisotopic (exact) mass is 281 g/mol. The van der Waals surface area contributed by atoms with Gasteiger partial charge in [0.15, 0.2) is 0 Å². The summed E-state index contributed by atoms with van der Waals surface area (Å²) >= 11 is 0. The van der Waals surface area contributed by atoms with Crippen molar-refractivity contribution < 1.29 is 14.3 Å². The zero-order valence-electron chi connectivity index (χ0n) is 12.0. The molecule has 0 aromatic heterocycles. The molecular formula is C14H23N3O3. The van der Waals surface area contributed by atoms with Gasteiger partial charge in [-0.3, -0.25) is 4.79 Å². The molecule has 2 unspecified atom stereocenters. The summed E-state index contributed by atoms with van der Waals surface area (Å²) in [5, 5.41) is 6.14. The molecule has 3 rings (SSSR count). The highest BCUT2D eigenvalue weighted by Gasteiger charge is 2.58. The second kappa shape index (κ2) is 5.24. The minimum Gasteiger partial charge on any atom is -0.453 e. The molecule has 2 amide bonds. The molecule has 2 saturated heterocycles. The van der Waals surface area contributed by atoms with Crippen molar-refractivity contribution in [1.82, 2.24) is 15.5 Å². The van der Waals surface area contributed by atoms with Crippen LogP contribution in [0.1, 0.15) is 25.7 Å². The lowest BCUT2D eigenvalue weighted by molar-refractivity contribution is -0.132. The Morgan fingerprint density at radius 1 is 1.35 bits per heavy atom. The minimum absolute atomic E-state index is 0.0362. The third-order valence-electron chi connectivity index (χ3n) is 5.09. The molecule has 2 heterocycles. The van der Waals surface area contributed by atoms with Gasteiger partial charge in [0.1, 0.15) is 0 Å². The average Bonchev–Trinajstić information content (AvgIpc) is 2.95. The summed E-state index contributed by atoms with van der Waals surface area (Å²) in [6.07, 6.45) is 3.72. The molecule has 0 aromatic rings. The molecule has 0 radical (unpaired) electrons. The summed E-state index contributed by atoms with van der Waals surface area (Å²) in [4.78, 5) is 25.7. The Kier molecular flexibility index (Phi) is 3.58. The first-order valence-corrected chi connectivity index (χ1v) is 7.49. The van der Waals surface area contributed by atoms with Crippen LogP contribution in [0.4, 0.5) is 4.79 Å². The molecular weight excluding hydrogens is 258 g/mol. The van der Waals surface area contributed by atoms with Gasteiger partial charge in [0, 0.05) is 19.0 Å². The van der Waals surface area contributed by atoms with Gasteiger partial charge < -0.3 is 20.3 Å². The van der Waals surface area contributed by atoms with E-state index in [9.17, 15) is 9.59 Å². The predicted molar refractivity (Wildman–Crippen MR) is 73.2 cm³/mol. The zero-order valence-corrected chi connectivity index (χ0v) is 12.0. The second-order valence-corrected chi connectivity index (χ2v) is 6.27. The van der Waals surface area contributed by atoms with Gasteiger partial charge in [0.05, 0.1) is 13.2 Å². The van der Waals surface area contributed by atoms with E-state index in [2.05, 4.69) is 15.4 Å². The number of carbonyl (C=O) groups is 2. The lowest BCUT2D eigenvalue weighted by Gasteiger charge is -2.25. The van der Waals surface area contributed by atoms with Crippen molar-refractivity contribution in [1.29, 1.82) is 0 Å². The van der Waals surface area contributed by atoms with Gasteiger partial charge in [-0.05, 0) is 44.2 Å². The number of hydrogen-bond acceptors (Lipinski definition) is 4. The lowest BCUT2D eigenvalue weighted by Crippen LogP contribution is -2.39. The molecule has 3 fully saturated rings. The standard InChI is InChI=1S/C14H23N3O3/c1-20-13(19)16-10-2-7-17(9-10)12(18)11-8-14(11)3-5-15-6-4-14/h10-11,15H,2-9H2,1H3,(H,16,19). The first-order chi connectivity index (χ1) is 9.64. The Morgan fingerprint density at radius 2 is 2.10 bits per heavy atom. The van der Waals surface area contributed by atoms with E-state index in [1.807, 2.05) is 4.90 Å². The third kappa shape index (κ3) is 2.49. The van der Waals surface area contributed by atoms with Crippen LogP contribution in [0.15, 0.2) is 0 Å². The number of nitrogens with zero attached hydrogens (tertiary/aromatic N) is 1. The molecule has 1 aliphatic carbocycles. The molecule has 112 valence electrons. The number of ether oxygens (including phenoxy) is 1. The summed E-state index contributed by atoms with van der Waals surface area (Å²) in [6, 6.07) is 0.0362. The van der Waals surface area contributed by atoms with Gasteiger partial charge in [-0.25, -0.2) is 4.79 Å². The number of likely N-dealkylation sites (tertiary alicyclic amines) is 1. The van der Waals surface area contributed by atoms with Crippen LogP contribution >= 0.6 is 0 Å². The van der Waals surface area contributed by atoms with Crippen molar-refractivity contribution in [3.8, 4) is 0 Å². The van der Waals surface area contributed by atoms with Gasteiger partial charge in [0.25, 0.3) is 0 Å². The fourth-order valence-corrected chi connectivity index (χ4v) is 3.70. The Morgan fingerprint density at radius 3 is 2.80 bits per heavy atom. The molecule has 2 atom stereocenters. The van der Waals surface area contributed by atoms with E-state index < -0.39 is 6.09 Å². The first-order valence-electron chi connectivity index (χ1n) is 7.49. The van der Waals surface area contributed by atoms with E-state index in [0.717, 1.165) is 45.3 Å². The largest absolute Gasteiger partial charge is 0.453 e. The summed E-state index contributed by atoms with van der Waals surface area (Å²) in [6.45, 7) is 3.45. The van der Waals surface area contributed by atoms with Crippen molar-refractivity contribution >= 4 is 12.0 Å². The molecule has 0 bridgehead atoms. The quantitative estimate of drug-likeness (QED) is 0.765. The van der Waals surface area contributed by atoms with Crippen LogP contribution < -0.4 is 10.6 Å². The maximum absolute atomic E-state index is 12.5. The molecule has 2 N–H and O–H groups in total. The second-order valence-electron chi connectivity index (χ2n) is 6.27. The smallest absolute Gasteiger partial charge is 0.407 e. The van der Waals surface area contributed by atoms with Gasteiger partial charge in [0.2, 0.25) is 5.91 Å². The normalized spacial score (nSPS) is 31.1. The molecule has 1 saturated carbocycles. The van der Waals surface area contributed by atoms with Gasteiger partial charge in [-0.2, -0.15) is 0 Å². The van der Waals surface area contributed by atoms with E-state index in [4.69, 9.17) is 0 Å².